The number of rotatable bonds is 8. The van der Waals surface area contributed by atoms with Crippen LogP contribution in [0.25, 0.3) is 6.08 Å². The lowest BCUT2D eigenvalue weighted by molar-refractivity contribution is -0.384. The van der Waals surface area contributed by atoms with Gasteiger partial charge in [-0.05, 0) is 23.3 Å². The van der Waals surface area contributed by atoms with E-state index in [2.05, 4.69) is 33.9 Å². The molecule has 0 spiro atoms. The lowest BCUT2D eigenvalue weighted by Gasteiger charge is -2.39. The summed E-state index contributed by atoms with van der Waals surface area (Å²) in [5.41, 5.74) is 2.08. The van der Waals surface area contributed by atoms with Crippen molar-refractivity contribution in [3.8, 4) is 5.75 Å². The Labute approximate surface area is 207 Å². The van der Waals surface area contributed by atoms with Crippen LogP contribution < -0.4 is 4.74 Å². The van der Waals surface area contributed by atoms with Gasteiger partial charge in [0.05, 0.1) is 11.0 Å². The molecule has 4 rings (SSSR count). The molecule has 9 heteroatoms. The first kappa shape index (κ1) is 25.0. The van der Waals surface area contributed by atoms with Crippen LogP contribution >= 0.6 is 0 Å². The number of non-ortho nitro benzene ring substituents is 1. The SMILES string of the molecule is O=C(C=Cc1cc([N+](=O)[O-])ccc1OC(F)F)N1CCN(C(c2ccccc2)c2ccccc2)CC1. The molecule has 0 N–H and O–H groups in total. The second-order valence-corrected chi connectivity index (χ2v) is 8.28. The van der Waals surface area contributed by atoms with Crippen LogP contribution in [0, 0.1) is 10.1 Å². The van der Waals surface area contributed by atoms with E-state index in [-0.39, 0.29) is 28.9 Å². The summed E-state index contributed by atoms with van der Waals surface area (Å²) in [6, 6.07) is 23.7. The molecule has 0 saturated carbocycles. The molecule has 0 unspecified atom stereocenters. The summed E-state index contributed by atoms with van der Waals surface area (Å²) in [4.78, 5) is 27.3. The zero-order chi connectivity index (χ0) is 25.5. The molecule has 0 aliphatic carbocycles. The van der Waals surface area contributed by atoms with E-state index in [4.69, 9.17) is 0 Å². The number of amides is 1. The predicted octanol–water partition coefficient (Wildman–Crippen LogP) is 5.14. The first-order valence-electron chi connectivity index (χ1n) is 11.5. The van der Waals surface area contributed by atoms with Crippen molar-refractivity contribution in [2.75, 3.05) is 26.2 Å². The van der Waals surface area contributed by atoms with Crippen molar-refractivity contribution < 1.29 is 23.2 Å². The van der Waals surface area contributed by atoms with E-state index in [0.29, 0.717) is 26.2 Å². The highest BCUT2D eigenvalue weighted by atomic mass is 19.3. The summed E-state index contributed by atoms with van der Waals surface area (Å²) in [7, 11) is 0. The van der Waals surface area contributed by atoms with Gasteiger partial charge >= 0.3 is 6.61 Å². The third kappa shape index (κ3) is 6.11. The number of alkyl halides is 2. The van der Waals surface area contributed by atoms with Gasteiger partial charge in [0, 0.05) is 50.0 Å². The number of carbonyl (C=O) groups is 1. The fourth-order valence-corrected chi connectivity index (χ4v) is 4.33. The van der Waals surface area contributed by atoms with Gasteiger partial charge in [0.15, 0.2) is 0 Å². The van der Waals surface area contributed by atoms with Crippen molar-refractivity contribution in [1.82, 2.24) is 9.80 Å². The minimum atomic E-state index is -3.09. The number of halogens is 2. The summed E-state index contributed by atoms with van der Waals surface area (Å²) in [6.07, 6.45) is 2.51. The smallest absolute Gasteiger partial charge is 0.387 e. The number of hydrogen-bond acceptors (Lipinski definition) is 5. The van der Waals surface area contributed by atoms with E-state index in [1.165, 1.54) is 23.3 Å². The van der Waals surface area contributed by atoms with Crippen molar-refractivity contribution in [2.45, 2.75) is 12.7 Å². The van der Waals surface area contributed by atoms with Gasteiger partial charge < -0.3 is 9.64 Å². The molecule has 3 aromatic carbocycles. The number of ether oxygens (including phenoxy) is 1. The standard InChI is InChI=1S/C27H25F2N3O4/c28-27(29)36-24-13-12-23(32(34)35)19-22(24)11-14-25(33)30-15-17-31(18-16-30)26(20-7-3-1-4-8-20)21-9-5-2-6-10-21/h1-14,19,26-27H,15-18H2. The molecule has 0 aromatic heterocycles. The molecular formula is C27H25F2N3O4. The van der Waals surface area contributed by atoms with Crippen LogP contribution in [0.2, 0.25) is 0 Å². The Bertz CT molecular complexity index is 1170. The van der Waals surface area contributed by atoms with E-state index in [0.717, 1.165) is 18.2 Å². The van der Waals surface area contributed by atoms with Gasteiger partial charge in [-0.25, -0.2) is 0 Å². The lowest BCUT2D eigenvalue weighted by Crippen LogP contribution is -2.49. The number of nitro benzene ring substituents is 1. The van der Waals surface area contributed by atoms with Crippen LogP contribution in [0.5, 0.6) is 5.75 Å². The van der Waals surface area contributed by atoms with Crippen molar-refractivity contribution >= 4 is 17.7 Å². The first-order chi connectivity index (χ1) is 17.4. The summed E-state index contributed by atoms with van der Waals surface area (Å²) >= 11 is 0. The zero-order valence-electron chi connectivity index (χ0n) is 19.4. The van der Waals surface area contributed by atoms with Crippen molar-refractivity contribution in [2.24, 2.45) is 0 Å². The van der Waals surface area contributed by atoms with E-state index >= 15 is 0 Å². The van der Waals surface area contributed by atoms with Gasteiger partial charge in [0.2, 0.25) is 5.91 Å². The summed E-state index contributed by atoms with van der Waals surface area (Å²) in [6.45, 7) is -0.844. The number of nitrogens with zero attached hydrogens (tertiary/aromatic N) is 3. The van der Waals surface area contributed by atoms with Crippen LogP contribution in [-0.4, -0.2) is 53.4 Å². The lowest BCUT2D eigenvalue weighted by atomic mass is 9.96. The number of nitro groups is 1. The highest BCUT2D eigenvalue weighted by Crippen LogP contribution is 2.30. The Kier molecular flexibility index (Phi) is 8.02. The molecule has 36 heavy (non-hydrogen) atoms. The number of hydrogen-bond donors (Lipinski definition) is 0. The number of benzene rings is 3. The number of carbonyl (C=O) groups excluding carboxylic acids is 1. The highest BCUT2D eigenvalue weighted by Gasteiger charge is 2.27. The molecule has 3 aromatic rings. The van der Waals surface area contributed by atoms with E-state index in [9.17, 15) is 23.7 Å². The Morgan fingerprint density at radius 2 is 1.50 bits per heavy atom. The molecule has 1 saturated heterocycles. The summed E-state index contributed by atoms with van der Waals surface area (Å²) in [5, 5.41) is 11.1. The number of piperazine rings is 1. The quantitative estimate of drug-likeness (QED) is 0.247. The maximum atomic E-state index is 12.8. The van der Waals surface area contributed by atoms with Crippen molar-refractivity contribution in [3.63, 3.8) is 0 Å². The third-order valence-corrected chi connectivity index (χ3v) is 6.05. The van der Waals surface area contributed by atoms with Crippen LogP contribution in [0.1, 0.15) is 22.7 Å². The van der Waals surface area contributed by atoms with Crippen LogP contribution in [0.15, 0.2) is 84.9 Å². The first-order valence-corrected chi connectivity index (χ1v) is 11.5. The average Bonchev–Trinajstić information content (AvgIpc) is 2.89. The van der Waals surface area contributed by atoms with Gasteiger partial charge in [-0.3, -0.25) is 19.8 Å². The van der Waals surface area contributed by atoms with E-state index in [1.807, 2.05) is 36.4 Å². The predicted molar refractivity (Wildman–Crippen MR) is 132 cm³/mol. The Morgan fingerprint density at radius 1 is 0.917 bits per heavy atom. The Hall–Kier alpha value is -4.11. The van der Waals surface area contributed by atoms with Gasteiger partial charge in [-0.15, -0.1) is 0 Å². The third-order valence-electron chi connectivity index (χ3n) is 6.05. The van der Waals surface area contributed by atoms with Crippen molar-refractivity contribution in [1.29, 1.82) is 0 Å². The van der Waals surface area contributed by atoms with Gasteiger partial charge in [-0.2, -0.15) is 8.78 Å². The molecule has 1 amide bonds. The molecule has 0 radical (unpaired) electrons. The molecule has 7 nitrogen and oxygen atoms in total. The second-order valence-electron chi connectivity index (χ2n) is 8.28. The topological polar surface area (TPSA) is 75.9 Å². The molecule has 186 valence electrons. The largest absolute Gasteiger partial charge is 0.434 e. The van der Waals surface area contributed by atoms with Crippen LogP contribution in [-0.2, 0) is 4.79 Å². The van der Waals surface area contributed by atoms with Crippen LogP contribution in [0.4, 0.5) is 14.5 Å². The van der Waals surface area contributed by atoms with Crippen molar-refractivity contribution in [3.05, 3.63) is 112 Å². The second kappa shape index (κ2) is 11.5. The normalized spacial score (nSPS) is 14.5. The molecular weight excluding hydrogens is 468 g/mol. The fraction of sp³-hybridized carbons (Fsp3) is 0.222. The molecule has 1 aliphatic rings. The van der Waals surface area contributed by atoms with Gasteiger partial charge in [0.25, 0.3) is 5.69 Å². The summed E-state index contributed by atoms with van der Waals surface area (Å²) in [5.74, 6) is -0.543. The minimum Gasteiger partial charge on any atom is -0.434 e. The molecule has 1 fully saturated rings. The Balaban J connectivity index is 1.46. The maximum absolute atomic E-state index is 12.8. The minimum absolute atomic E-state index is 0.0321. The molecule has 0 atom stereocenters. The van der Waals surface area contributed by atoms with E-state index in [1.54, 1.807) is 4.90 Å². The molecule has 0 bridgehead atoms. The Morgan fingerprint density at radius 3 is 2.03 bits per heavy atom. The van der Waals surface area contributed by atoms with Gasteiger partial charge in [-0.1, -0.05) is 60.7 Å². The average molecular weight is 494 g/mol. The fourth-order valence-electron chi connectivity index (χ4n) is 4.33. The zero-order valence-corrected chi connectivity index (χ0v) is 19.4. The van der Waals surface area contributed by atoms with Gasteiger partial charge in [0.1, 0.15) is 5.75 Å². The van der Waals surface area contributed by atoms with E-state index < -0.39 is 11.5 Å². The summed E-state index contributed by atoms with van der Waals surface area (Å²) < 4.78 is 29.9. The van der Waals surface area contributed by atoms with Crippen LogP contribution in [0.3, 0.4) is 0 Å². The maximum Gasteiger partial charge on any atom is 0.387 e. The molecule has 1 aliphatic heterocycles. The highest BCUT2D eigenvalue weighted by molar-refractivity contribution is 5.92. The molecule has 1 heterocycles. The monoisotopic (exact) mass is 493 g/mol.